The highest BCUT2D eigenvalue weighted by molar-refractivity contribution is 5.67. The van der Waals surface area contributed by atoms with Gasteiger partial charge in [-0.2, -0.15) is 0 Å². The molecular weight excluding hydrogens is 268 g/mol. The van der Waals surface area contributed by atoms with Crippen molar-refractivity contribution in [3.05, 3.63) is 0 Å². The maximum Gasteiger partial charge on any atom is 0.407 e. The van der Waals surface area contributed by atoms with Gasteiger partial charge in [0.25, 0.3) is 0 Å². The molecule has 1 unspecified atom stereocenters. The minimum absolute atomic E-state index is 0.0206. The molecule has 0 aromatic rings. The van der Waals surface area contributed by atoms with Crippen LogP contribution in [0.3, 0.4) is 0 Å². The Morgan fingerprint density at radius 3 is 2.10 bits per heavy atom. The highest BCUT2D eigenvalue weighted by Gasteiger charge is 2.26. The fourth-order valence-corrected chi connectivity index (χ4v) is 1.51. The summed E-state index contributed by atoms with van der Waals surface area (Å²) in [6.07, 6.45) is 0.524. The molecule has 0 rings (SSSR count). The van der Waals surface area contributed by atoms with Crippen molar-refractivity contribution in [2.24, 2.45) is 16.6 Å². The zero-order valence-corrected chi connectivity index (χ0v) is 14.8. The first-order chi connectivity index (χ1) is 9.43. The van der Waals surface area contributed by atoms with Gasteiger partial charge in [0.15, 0.2) is 0 Å². The van der Waals surface area contributed by atoms with Gasteiger partial charge in [0.05, 0.1) is 13.2 Å². The number of alkyl carbamates (subject to hydrolysis) is 1. The third-order valence-corrected chi connectivity index (χ3v) is 3.41. The number of amides is 1. The van der Waals surface area contributed by atoms with Gasteiger partial charge in [-0.05, 0) is 33.7 Å². The Morgan fingerprint density at radius 2 is 1.67 bits per heavy atom. The third kappa shape index (κ3) is 9.69. The van der Waals surface area contributed by atoms with Crippen LogP contribution in [0.1, 0.15) is 54.9 Å². The van der Waals surface area contributed by atoms with Gasteiger partial charge in [-0.15, -0.1) is 0 Å². The summed E-state index contributed by atoms with van der Waals surface area (Å²) >= 11 is 0. The minimum Gasteiger partial charge on any atom is -0.444 e. The molecule has 5 nitrogen and oxygen atoms in total. The summed E-state index contributed by atoms with van der Waals surface area (Å²) in [7, 11) is 0. The smallest absolute Gasteiger partial charge is 0.407 e. The van der Waals surface area contributed by atoms with Gasteiger partial charge in [0.2, 0.25) is 0 Å². The molecule has 1 amide bonds. The second-order valence-corrected chi connectivity index (χ2v) is 7.88. The van der Waals surface area contributed by atoms with E-state index in [0.717, 1.165) is 6.42 Å². The molecule has 0 spiro atoms. The predicted molar refractivity (Wildman–Crippen MR) is 86.3 cm³/mol. The molecule has 0 aromatic carbocycles. The summed E-state index contributed by atoms with van der Waals surface area (Å²) in [4.78, 5) is 11.7. The van der Waals surface area contributed by atoms with Crippen molar-refractivity contribution in [1.29, 1.82) is 0 Å². The topological polar surface area (TPSA) is 73.6 Å². The molecule has 0 aromatic heterocycles. The number of hydrogen-bond donors (Lipinski definition) is 2. The molecule has 3 N–H and O–H groups in total. The van der Waals surface area contributed by atoms with Crippen LogP contribution in [0.2, 0.25) is 0 Å². The molecule has 0 aliphatic carbocycles. The van der Waals surface area contributed by atoms with Gasteiger partial charge in [0, 0.05) is 17.4 Å². The number of carbonyl (C=O) groups excluding carboxylic acids is 1. The summed E-state index contributed by atoms with van der Waals surface area (Å²) in [5, 5.41) is 2.83. The van der Waals surface area contributed by atoms with Gasteiger partial charge in [-0.3, -0.25) is 0 Å². The highest BCUT2D eigenvalue weighted by atomic mass is 16.6. The summed E-state index contributed by atoms with van der Waals surface area (Å²) in [5.41, 5.74) is 5.08. The Hall–Kier alpha value is -0.810. The number of ether oxygens (including phenoxy) is 2. The number of carbonyl (C=O) groups is 1. The third-order valence-electron chi connectivity index (χ3n) is 3.41. The van der Waals surface area contributed by atoms with Crippen LogP contribution in [0, 0.1) is 10.8 Å². The van der Waals surface area contributed by atoms with E-state index in [9.17, 15) is 4.79 Å². The van der Waals surface area contributed by atoms with Crippen LogP contribution in [0.25, 0.3) is 0 Å². The molecular formula is C16H34N2O3. The molecule has 21 heavy (non-hydrogen) atoms. The van der Waals surface area contributed by atoms with E-state index in [4.69, 9.17) is 15.2 Å². The van der Waals surface area contributed by atoms with E-state index >= 15 is 0 Å². The van der Waals surface area contributed by atoms with Gasteiger partial charge in [-0.25, -0.2) is 4.79 Å². The summed E-state index contributed by atoms with van der Waals surface area (Å²) < 4.78 is 11.1. The van der Waals surface area contributed by atoms with Crippen molar-refractivity contribution >= 4 is 6.09 Å². The quantitative estimate of drug-likeness (QED) is 0.723. The molecule has 0 saturated carbocycles. The summed E-state index contributed by atoms with van der Waals surface area (Å²) in [5.74, 6) is 0. The van der Waals surface area contributed by atoms with Crippen molar-refractivity contribution in [2.75, 3.05) is 26.3 Å². The van der Waals surface area contributed by atoms with Crippen molar-refractivity contribution < 1.29 is 14.3 Å². The first-order valence-electron chi connectivity index (χ1n) is 7.68. The van der Waals surface area contributed by atoms with E-state index in [-0.39, 0.29) is 16.9 Å². The Bertz CT molecular complexity index is 324. The predicted octanol–water partition coefficient (Wildman–Crippen LogP) is 2.93. The van der Waals surface area contributed by atoms with Crippen LogP contribution in [0.15, 0.2) is 0 Å². The molecule has 0 heterocycles. The zero-order valence-electron chi connectivity index (χ0n) is 14.8. The van der Waals surface area contributed by atoms with Crippen LogP contribution >= 0.6 is 0 Å². The second kappa shape index (κ2) is 7.99. The van der Waals surface area contributed by atoms with Crippen molar-refractivity contribution in [2.45, 2.75) is 60.5 Å². The number of hydrogen-bond acceptors (Lipinski definition) is 4. The van der Waals surface area contributed by atoms with Gasteiger partial charge < -0.3 is 20.5 Å². The Labute approximate surface area is 129 Å². The lowest BCUT2D eigenvalue weighted by Gasteiger charge is -2.31. The van der Waals surface area contributed by atoms with E-state index in [2.05, 4.69) is 33.0 Å². The molecule has 0 radical (unpaired) electrons. The Kier molecular flexibility index (Phi) is 7.68. The summed E-state index contributed by atoms with van der Waals surface area (Å²) in [6, 6.07) is 0. The first-order valence-corrected chi connectivity index (χ1v) is 7.68. The standard InChI is InChI=1S/C16H34N2O3/c1-8-16(7,12-20-11-15(5,6)9-17)10-18-13(19)21-14(2,3)4/h8-12,17H2,1-7H3,(H,18,19). The normalized spacial score (nSPS) is 15.4. The fourth-order valence-electron chi connectivity index (χ4n) is 1.51. The lowest BCUT2D eigenvalue weighted by Crippen LogP contribution is -2.41. The zero-order chi connectivity index (χ0) is 16.7. The van der Waals surface area contributed by atoms with Crippen LogP contribution in [0.5, 0.6) is 0 Å². The monoisotopic (exact) mass is 302 g/mol. The van der Waals surface area contributed by atoms with Crippen molar-refractivity contribution in [3.63, 3.8) is 0 Å². The number of rotatable bonds is 8. The van der Waals surface area contributed by atoms with Crippen molar-refractivity contribution in [1.82, 2.24) is 5.32 Å². The van der Waals surface area contributed by atoms with E-state index in [1.807, 2.05) is 20.8 Å². The van der Waals surface area contributed by atoms with Crippen LogP contribution in [-0.4, -0.2) is 38.0 Å². The maximum atomic E-state index is 11.7. The molecule has 126 valence electrons. The largest absolute Gasteiger partial charge is 0.444 e. The number of nitrogens with two attached hydrogens (primary N) is 1. The minimum atomic E-state index is -0.478. The molecule has 0 aliphatic rings. The summed E-state index contributed by atoms with van der Waals surface area (Å²) in [6.45, 7) is 16.2. The maximum absolute atomic E-state index is 11.7. The second-order valence-electron chi connectivity index (χ2n) is 7.88. The fraction of sp³-hybridized carbons (Fsp3) is 0.938. The molecule has 1 atom stereocenters. The van der Waals surface area contributed by atoms with Crippen molar-refractivity contribution in [3.8, 4) is 0 Å². The van der Waals surface area contributed by atoms with Gasteiger partial charge in [-0.1, -0.05) is 27.7 Å². The molecule has 5 heteroatoms. The van der Waals surface area contributed by atoms with Crippen LogP contribution in [0.4, 0.5) is 4.79 Å². The van der Waals surface area contributed by atoms with Crippen LogP contribution < -0.4 is 11.1 Å². The SMILES string of the molecule is CCC(C)(CNC(=O)OC(C)(C)C)COCC(C)(C)CN. The Morgan fingerprint density at radius 1 is 1.10 bits per heavy atom. The van der Waals surface area contributed by atoms with Crippen LogP contribution in [-0.2, 0) is 9.47 Å². The van der Waals surface area contributed by atoms with Gasteiger partial charge >= 0.3 is 6.09 Å². The van der Waals surface area contributed by atoms with E-state index in [1.165, 1.54) is 0 Å². The van der Waals surface area contributed by atoms with E-state index in [0.29, 0.717) is 26.3 Å². The Balaban J connectivity index is 4.25. The average molecular weight is 302 g/mol. The average Bonchev–Trinajstić information content (AvgIpc) is 2.34. The molecule has 0 saturated heterocycles. The molecule has 0 aliphatic heterocycles. The first kappa shape index (κ1) is 20.2. The highest BCUT2D eigenvalue weighted by Crippen LogP contribution is 2.22. The van der Waals surface area contributed by atoms with Gasteiger partial charge in [0.1, 0.15) is 5.60 Å². The van der Waals surface area contributed by atoms with E-state index < -0.39 is 5.60 Å². The lowest BCUT2D eigenvalue weighted by atomic mass is 9.88. The molecule has 0 fully saturated rings. The lowest BCUT2D eigenvalue weighted by molar-refractivity contribution is 0.00712. The molecule has 0 bridgehead atoms. The van der Waals surface area contributed by atoms with E-state index in [1.54, 1.807) is 0 Å². The number of nitrogens with one attached hydrogen (secondary N) is 1.